The van der Waals surface area contributed by atoms with E-state index < -0.39 is 0 Å². The topological polar surface area (TPSA) is 34.0 Å². The average molecular weight is 236 g/mol. The molecule has 0 unspecified atom stereocenters. The predicted molar refractivity (Wildman–Crippen MR) is 72.3 cm³/mol. The Kier molecular flexibility index (Phi) is 4.94. The number of aromatic nitrogens is 1. The van der Waals surface area contributed by atoms with Crippen LogP contribution < -0.4 is 10.9 Å². The fraction of sp³-hybridized carbons (Fsp3) is 0.643. The summed E-state index contributed by atoms with van der Waals surface area (Å²) in [6.45, 7) is 11.9. The summed E-state index contributed by atoms with van der Waals surface area (Å²) in [5.74, 6) is 0.486. The van der Waals surface area contributed by atoms with Gasteiger partial charge in [-0.2, -0.15) is 0 Å². The van der Waals surface area contributed by atoms with E-state index in [4.69, 9.17) is 0 Å². The van der Waals surface area contributed by atoms with E-state index in [-0.39, 0.29) is 5.56 Å². The van der Waals surface area contributed by atoms with Crippen LogP contribution in [0.25, 0.3) is 0 Å². The molecular weight excluding hydrogens is 212 g/mol. The summed E-state index contributed by atoms with van der Waals surface area (Å²) in [5, 5.41) is 3.29. The van der Waals surface area contributed by atoms with Gasteiger partial charge in [0.05, 0.1) is 0 Å². The van der Waals surface area contributed by atoms with E-state index in [1.165, 1.54) is 0 Å². The fourth-order valence-corrected chi connectivity index (χ4v) is 1.76. The van der Waals surface area contributed by atoms with E-state index in [2.05, 4.69) is 33.0 Å². The minimum atomic E-state index is 0.145. The Balaban J connectivity index is 2.98. The number of pyridine rings is 1. The molecule has 0 saturated carbocycles. The highest BCUT2D eigenvalue weighted by Gasteiger charge is 2.07. The second kappa shape index (κ2) is 6.01. The molecule has 3 nitrogen and oxygen atoms in total. The number of nitrogens with one attached hydrogen (secondary N) is 1. The molecule has 0 radical (unpaired) electrons. The molecule has 0 aliphatic heterocycles. The summed E-state index contributed by atoms with van der Waals surface area (Å²) >= 11 is 0. The molecule has 0 amide bonds. The highest BCUT2D eigenvalue weighted by molar-refractivity contribution is 5.15. The van der Waals surface area contributed by atoms with Crippen LogP contribution in [0.2, 0.25) is 0 Å². The first-order valence-corrected chi connectivity index (χ1v) is 6.34. The summed E-state index contributed by atoms with van der Waals surface area (Å²) in [7, 11) is 0. The highest BCUT2D eigenvalue weighted by atomic mass is 16.1. The van der Waals surface area contributed by atoms with Crippen LogP contribution in [0, 0.1) is 12.8 Å². The zero-order chi connectivity index (χ0) is 13.0. The minimum Gasteiger partial charge on any atom is -0.312 e. The van der Waals surface area contributed by atoms with E-state index in [9.17, 15) is 4.79 Å². The third kappa shape index (κ3) is 4.00. The Morgan fingerprint density at radius 2 is 1.88 bits per heavy atom. The molecule has 1 N–H and O–H groups in total. The number of hydrogen-bond donors (Lipinski definition) is 1. The Labute approximate surface area is 104 Å². The number of rotatable bonds is 5. The van der Waals surface area contributed by atoms with Gasteiger partial charge >= 0.3 is 0 Å². The predicted octanol–water partition coefficient (Wildman–Crippen LogP) is 2.31. The van der Waals surface area contributed by atoms with Crippen LogP contribution in [0.1, 0.15) is 39.0 Å². The molecule has 0 aliphatic rings. The lowest BCUT2D eigenvalue weighted by Crippen LogP contribution is -2.31. The molecule has 0 fully saturated rings. The van der Waals surface area contributed by atoms with Gasteiger partial charge in [-0.25, -0.2) is 0 Å². The van der Waals surface area contributed by atoms with Crippen LogP contribution in [-0.2, 0) is 13.1 Å². The average Bonchev–Trinajstić information content (AvgIpc) is 2.22. The molecule has 96 valence electrons. The first-order chi connectivity index (χ1) is 7.91. The van der Waals surface area contributed by atoms with E-state index in [1.54, 1.807) is 0 Å². The Morgan fingerprint density at radius 1 is 1.24 bits per heavy atom. The third-order valence-electron chi connectivity index (χ3n) is 2.72. The van der Waals surface area contributed by atoms with Crippen molar-refractivity contribution in [2.75, 3.05) is 0 Å². The zero-order valence-corrected chi connectivity index (χ0v) is 11.6. The van der Waals surface area contributed by atoms with Crippen molar-refractivity contribution in [3.05, 3.63) is 33.7 Å². The molecule has 1 aromatic rings. The molecule has 1 aromatic heterocycles. The monoisotopic (exact) mass is 236 g/mol. The molecule has 3 heteroatoms. The van der Waals surface area contributed by atoms with Gasteiger partial charge in [-0.15, -0.1) is 0 Å². The summed E-state index contributed by atoms with van der Waals surface area (Å²) in [6.07, 6.45) is 0. The number of hydrogen-bond acceptors (Lipinski definition) is 2. The van der Waals surface area contributed by atoms with Gasteiger partial charge in [-0.3, -0.25) is 4.79 Å². The van der Waals surface area contributed by atoms with Crippen LogP contribution in [0.3, 0.4) is 0 Å². The van der Waals surface area contributed by atoms with Gasteiger partial charge in [0, 0.05) is 30.4 Å². The van der Waals surface area contributed by atoms with Crippen molar-refractivity contribution in [3.63, 3.8) is 0 Å². The second-order valence-electron chi connectivity index (χ2n) is 5.35. The maximum Gasteiger partial charge on any atom is 0.255 e. The van der Waals surface area contributed by atoms with E-state index >= 15 is 0 Å². The van der Waals surface area contributed by atoms with Crippen molar-refractivity contribution in [1.82, 2.24) is 9.88 Å². The van der Waals surface area contributed by atoms with Crippen molar-refractivity contribution in [3.8, 4) is 0 Å². The van der Waals surface area contributed by atoms with Gasteiger partial charge in [0.2, 0.25) is 0 Å². The van der Waals surface area contributed by atoms with Gasteiger partial charge in [0.25, 0.3) is 5.56 Å². The van der Waals surface area contributed by atoms with Gasteiger partial charge in [0.1, 0.15) is 0 Å². The molecule has 1 rings (SSSR count). The molecule has 1 heterocycles. The normalized spacial score (nSPS) is 11.5. The molecule has 0 bridgehead atoms. The largest absolute Gasteiger partial charge is 0.312 e. The Hall–Kier alpha value is -1.09. The molecule has 0 aliphatic carbocycles. The number of nitrogens with zero attached hydrogens (tertiary/aromatic N) is 1. The van der Waals surface area contributed by atoms with Crippen molar-refractivity contribution in [2.45, 2.75) is 53.8 Å². The quantitative estimate of drug-likeness (QED) is 0.851. The zero-order valence-electron chi connectivity index (χ0n) is 11.6. The maximum absolute atomic E-state index is 12.3. The van der Waals surface area contributed by atoms with Gasteiger partial charge in [-0.1, -0.05) is 33.8 Å². The fourth-order valence-electron chi connectivity index (χ4n) is 1.76. The Bertz CT molecular complexity index is 419. The molecular formula is C14H24N2O. The lowest BCUT2D eigenvalue weighted by atomic mass is 10.2. The van der Waals surface area contributed by atoms with E-state index in [1.807, 2.05) is 23.6 Å². The van der Waals surface area contributed by atoms with Crippen LogP contribution in [0.4, 0.5) is 0 Å². The second-order valence-corrected chi connectivity index (χ2v) is 5.35. The molecule has 0 atom stereocenters. The maximum atomic E-state index is 12.3. The smallest absolute Gasteiger partial charge is 0.255 e. The lowest BCUT2D eigenvalue weighted by Gasteiger charge is -2.15. The molecule has 0 spiro atoms. The van der Waals surface area contributed by atoms with Gasteiger partial charge < -0.3 is 9.88 Å². The third-order valence-corrected chi connectivity index (χ3v) is 2.72. The van der Waals surface area contributed by atoms with Crippen molar-refractivity contribution in [1.29, 1.82) is 0 Å². The van der Waals surface area contributed by atoms with Crippen LogP contribution >= 0.6 is 0 Å². The van der Waals surface area contributed by atoms with E-state index in [0.29, 0.717) is 18.5 Å². The van der Waals surface area contributed by atoms with Crippen LogP contribution in [0.5, 0.6) is 0 Å². The SMILES string of the molecule is Cc1ccc(CNC(C)C)c(=O)n1CC(C)C. The summed E-state index contributed by atoms with van der Waals surface area (Å²) in [5.41, 5.74) is 2.04. The Morgan fingerprint density at radius 3 is 2.41 bits per heavy atom. The van der Waals surface area contributed by atoms with Crippen molar-refractivity contribution >= 4 is 0 Å². The standard InChI is InChI=1S/C14H24N2O/c1-10(2)9-16-12(5)6-7-13(14(16)17)8-15-11(3)4/h6-7,10-11,15H,8-9H2,1-5H3. The van der Waals surface area contributed by atoms with Crippen LogP contribution in [0.15, 0.2) is 16.9 Å². The lowest BCUT2D eigenvalue weighted by molar-refractivity contribution is 0.495. The highest BCUT2D eigenvalue weighted by Crippen LogP contribution is 2.03. The first-order valence-electron chi connectivity index (χ1n) is 6.34. The first kappa shape index (κ1) is 14.0. The molecule has 17 heavy (non-hydrogen) atoms. The van der Waals surface area contributed by atoms with E-state index in [0.717, 1.165) is 17.8 Å². The molecule has 0 saturated heterocycles. The van der Waals surface area contributed by atoms with Crippen molar-refractivity contribution in [2.24, 2.45) is 5.92 Å². The van der Waals surface area contributed by atoms with Crippen molar-refractivity contribution < 1.29 is 0 Å². The summed E-state index contributed by atoms with van der Waals surface area (Å²) in [6, 6.07) is 4.36. The van der Waals surface area contributed by atoms with Crippen LogP contribution in [-0.4, -0.2) is 10.6 Å². The molecule has 0 aromatic carbocycles. The van der Waals surface area contributed by atoms with Gasteiger partial charge in [0.15, 0.2) is 0 Å². The van der Waals surface area contributed by atoms with Gasteiger partial charge in [-0.05, 0) is 18.9 Å². The minimum absolute atomic E-state index is 0.145. The summed E-state index contributed by atoms with van der Waals surface area (Å²) in [4.78, 5) is 12.3. The summed E-state index contributed by atoms with van der Waals surface area (Å²) < 4.78 is 1.88. The number of aryl methyl sites for hydroxylation is 1.